The van der Waals surface area contributed by atoms with Crippen LogP contribution in [0.25, 0.3) is 10.8 Å². The Kier molecular flexibility index (Phi) is 3.81. The number of nitrogens with one attached hydrogen (secondary N) is 1. The maximum absolute atomic E-state index is 5.81. The average molecular weight is 279 g/mol. The van der Waals surface area contributed by atoms with Gasteiger partial charge in [-0.15, -0.1) is 0 Å². The highest BCUT2D eigenvalue weighted by molar-refractivity contribution is 5.85. The number of aromatic nitrogens is 1. The Balaban J connectivity index is 2.19. The first-order valence-corrected chi connectivity index (χ1v) is 6.78. The molecule has 0 aliphatic heterocycles. The molecule has 0 spiro atoms. The van der Waals surface area contributed by atoms with Crippen LogP contribution in [0, 0.1) is 0 Å². The van der Waals surface area contributed by atoms with Crippen molar-refractivity contribution in [3.8, 4) is 5.75 Å². The van der Waals surface area contributed by atoms with Crippen LogP contribution in [0.15, 0.2) is 60.8 Å². The van der Waals surface area contributed by atoms with Crippen molar-refractivity contribution >= 4 is 10.8 Å². The zero-order chi connectivity index (χ0) is 14.7. The van der Waals surface area contributed by atoms with E-state index >= 15 is 0 Å². The van der Waals surface area contributed by atoms with E-state index in [1.807, 2.05) is 42.5 Å². The van der Waals surface area contributed by atoms with Crippen molar-refractivity contribution in [2.75, 3.05) is 7.11 Å². The van der Waals surface area contributed by atoms with Crippen molar-refractivity contribution in [2.24, 2.45) is 5.84 Å². The summed E-state index contributed by atoms with van der Waals surface area (Å²) in [5.41, 5.74) is 4.71. The van der Waals surface area contributed by atoms with Gasteiger partial charge in [0.1, 0.15) is 5.75 Å². The predicted molar refractivity (Wildman–Crippen MR) is 83.9 cm³/mol. The fraction of sp³-hybridized carbons (Fsp3) is 0.118. The molecular formula is C17H17N3O. The molecular weight excluding hydrogens is 262 g/mol. The molecule has 0 amide bonds. The van der Waals surface area contributed by atoms with Gasteiger partial charge in [0.2, 0.25) is 0 Å². The quantitative estimate of drug-likeness (QED) is 0.569. The van der Waals surface area contributed by atoms with E-state index in [-0.39, 0.29) is 6.04 Å². The lowest BCUT2D eigenvalue weighted by molar-refractivity contribution is 0.404. The van der Waals surface area contributed by atoms with E-state index < -0.39 is 0 Å². The van der Waals surface area contributed by atoms with Gasteiger partial charge in [-0.25, -0.2) is 5.43 Å². The number of ether oxygens (including phenoxy) is 1. The Morgan fingerprint density at radius 3 is 2.62 bits per heavy atom. The van der Waals surface area contributed by atoms with E-state index in [4.69, 9.17) is 10.6 Å². The van der Waals surface area contributed by atoms with Crippen LogP contribution in [-0.2, 0) is 0 Å². The first-order valence-electron chi connectivity index (χ1n) is 6.78. The molecule has 0 saturated heterocycles. The molecule has 3 rings (SSSR count). The maximum atomic E-state index is 5.81. The number of fused-ring (bicyclic) bond motifs is 1. The minimum Gasteiger partial charge on any atom is -0.496 e. The van der Waals surface area contributed by atoms with Crippen LogP contribution < -0.4 is 16.0 Å². The van der Waals surface area contributed by atoms with Crippen molar-refractivity contribution in [3.63, 3.8) is 0 Å². The minimum absolute atomic E-state index is 0.229. The Morgan fingerprint density at radius 1 is 1.05 bits per heavy atom. The van der Waals surface area contributed by atoms with Crippen molar-refractivity contribution in [1.82, 2.24) is 10.4 Å². The van der Waals surface area contributed by atoms with E-state index in [0.717, 1.165) is 27.8 Å². The van der Waals surface area contributed by atoms with Crippen LogP contribution in [0.4, 0.5) is 0 Å². The minimum atomic E-state index is -0.229. The Labute approximate surface area is 123 Å². The first-order chi connectivity index (χ1) is 10.3. The van der Waals surface area contributed by atoms with Crippen molar-refractivity contribution in [1.29, 1.82) is 0 Å². The topological polar surface area (TPSA) is 60.2 Å². The highest BCUT2D eigenvalue weighted by atomic mass is 16.5. The molecule has 0 saturated carbocycles. The van der Waals surface area contributed by atoms with Crippen LogP contribution in [0.5, 0.6) is 5.75 Å². The summed E-state index contributed by atoms with van der Waals surface area (Å²) in [6.07, 6.45) is 1.80. The van der Waals surface area contributed by atoms with Gasteiger partial charge in [0.05, 0.1) is 18.8 Å². The Morgan fingerprint density at radius 2 is 1.81 bits per heavy atom. The molecule has 2 aromatic carbocycles. The highest BCUT2D eigenvalue weighted by Crippen LogP contribution is 2.31. The second-order valence-corrected chi connectivity index (χ2v) is 4.76. The number of nitrogens with two attached hydrogens (primary N) is 1. The van der Waals surface area contributed by atoms with Gasteiger partial charge >= 0.3 is 0 Å². The van der Waals surface area contributed by atoms with Gasteiger partial charge in [-0.3, -0.25) is 10.8 Å². The summed E-state index contributed by atoms with van der Waals surface area (Å²) in [5.74, 6) is 6.59. The lowest BCUT2D eigenvalue weighted by Crippen LogP contribution is -2.30. The summed E-state index contributed by atoms with van der Waals surface area (Å²) >= 11 is 0. The van der Waals surface area contributed by atoms with E-state index in [0.29, 0.717) is 0 Å². The van der Waals surface area contributed by atoms with Gasteiger partial charge in [-0.2, -0.15) is 0 Å². The molecule has 106 valence electrons. The van der Waals surface area contributed by atoms with Gasteiger partial charge in [0.15, 0.2) is 0 Å². The zero-order valence-corrected chi connectivity index (χ0v) is 11.8. The third-order valence-electron chi connectivity index (χ3n) is 3.59. The van der Waals surface area contributed by atoms with Gasteiger partial charge in [-0.1, -0.05) is 42.5 Å². The molecule has 0 bridgehead atoms. The monoisotopic (exact) mass is 279 g/mol. The summed E-state index contributed by atoms with van der Waals surface area (Å²) in [6, 6.07) is 17.7. The molecule has 0 radical (unpaired) electrons. The van der Waals surface area contributed by atoms with Gasteiger partial charge < -0.3 is 4.74 Å². The lowest BCUT2D eigenvalue weighted by atomic mass is 9.98. The summed E-state index contributed by atoms with van der Waals surface area (Å²) in [6.45, 7) is 0. The summed E-state index contributed by atoms with van der Waals surface area (Å²) in [4.78, 5) is 4.53. The second kappa shape index (κ2) is 5.91. The second-order valence-electron chi connectivity index (χ2n) is 4.76. The number of hydrogen-bond acceptors (Lipinski definition) is 4. The third-order valence-corrected chi connectivity index (χ3v) is 3.59. The Hall–Kier alpha value is -2.43. The zero-order valence-electron chi connectivity index (χ0n) is 11.8. The normalized spacial score (nSPS) is 12.3. The Bertz CT molecular complexity index is 752. The SMILES string of the molecule is COc1ccccc1C(NN)c1nccc2ccccc12. The van der Waals surface area contributed by atoms with Gasteiger partial charge in [0.25, 0.3) is 0 Å². The summed E-state index contributed by atoms with van der Waals surface area (Å²) in [7, 11) is 1.66. The molecule has 4 heteroatoms. The summed E-state index contributed by atoms with van der Waals surface area (Å²) in [5, 5.41) is 2.21. The molecule has 1 unspecified atom stereocenters. The van der Waals surface area contributed by atoms with Crippen molar-refractivity contribution < 1.29 is 4.74 Å². The fourth-order valence-corrected chi connectivity index (χ4v) is 2.59. The number of nitrogens with zero attached hydrogens (tertiary/aromatic N) is 1. The van der Waals surface area contributed by atoms with Crippen molar-refractivity contribution in [3.05, 3.63) is 72.1 Å². The van der Waals surface area contributed by atoms with Gasteiger partial charge in [-0.05, 0) is 17.5 Å². The van der Waals surface area contributed by atoms with Crippen LogP contribution in [0.1, 0.15) is 17.3 Å². The molecule has 1 aromatic heterocycles. The number of pyridine rings is 1. The van der Waals surface area contributed by atoms with E-state index in [9.17, 15) is 0 Å². The van der Waals surface area contributed by atoms with E-state index in [2.05, 4.69) is 22.5 Å². The average Bonchev–Trinajstić information content (AvgIpc) is 2.56. The maximum Gasteiger partial charge on any atom is 0.124 e. The smallest absolute Gasteiger partial charge is 0.124 e. The number of rotatable bonds is 4. The van der Waals surface area contributed by atoms with Gasteiger partial charge in [0, 0.05) is 17.1 Å². The largest absolute Gasteiger partial charge is 0.496 e. The van der Waals surface area contributed by atoms with E-state index in [1.165, 1.54) is 0 Å². The lowest BCUT2D eigenvalue weighted by Gasteiger charge is -2.20. The number of para-hydroxylation sites is 1. The molecule has 3 N–H and O–H groups in total. The van der Waals surface area contributed by atoms with Crippen LogP contribution in [0.3, 0.4) is 0 Å². The molecule has 21 heavy (non-hydrogen) atoms. The molecule has 1 atom stereocenters. The summed E-state index contributed by atoms with van der Waals surface area (Å²) < 4.78 is 5.44. The molecule has 0 aliphatic rings. The standard InChI is InChI=1S/C17H17N3O/c1-21-15-9-5-4-8-14(15)17(20-18)16-13-7-3-2-6-12(13)10-11-19-16/h2-11,17,20H,18H2,1H3. The molecule has 0 aliphatic carbocycles. The first kappa shape index (κ1) is 13.5. The van der Waals surface area contributed by atoms with E-state index in [1.54, 1.807) is 13.3 Å². The predicted octanol–water partition coefficient (Wildman–Crippen LogP) is 2.80. The van der Waals surface area contributed by atoms with Crippen LogP contribution in [0.2, 0.25) is 0 Å². The number of benzene rings is 2. The van der Waals surface area contributed by atoms with Crippen molar-refractivity contribution in [2.45, 2.75) is 6.04 Å². The third kappa shape index (κ3) is 2.46. The molecule has 4 nitrogen and oxygen atoms in total. The van der Waals surface area contributed by atoms with Crippen LogP contribution >= 0.6 is 0 Å². The number of hydrazine groups is 1. The highest BCUT2D eigenvalue weighted by Gasteiger charge is 2.19. The molecule has 0 fully saturated rings. The number of methoxy groups -OCH3 is 1. The molecule has 3 aromatic rings. The van der Waals surface area contributed by atoms with Crippen LogP contribution in [-0.4, -0.2) is 12.1 Å². The fourth-order valence-electron chi connectivity index (χ4n) is 2.59. The molecule has 1 heterocycles. The number of hydrogen-bond donors (Lipinski definition) is 2.